The van der Waals surface area contributed by atoms with Crippen LogP contribution in [-0.2, 0) is 22.5 Å². The third kappa shape index (κ3) is 7.39. The molecule has 2 aromatic carbocycles. The Morgan fingerprint density at radius 1 is 1.00 bits per heavy atom. The second kappa shape index (κ2) is 13.0. The summed E-state index contributed by atoms with van der Waals surface area (Å²) >= 11 is 0. The first-order valence-corrected chi connectivity index (χ1v) is 12.8. The summed E-state index contributed by atoms with van der Waals surface area (Å²) in [6.45, 7) is 6.59. The zero-order valence-electron chi connectivity index (χ0n) is 21.8. The van der Waals surface area contributed by atoms with Crippen molar-refractivity contribution in [3.05, 3.63) is 70.8 Å². The number of aryl methyl sites for hydroxylation is 1. The summed E-state index contributed by atoms with van der Waals surface area (Å²) in [6, 6.07) is 16.6. The molecule has 1 aliphatic heterocycles. The molecule has 5 nitrogen and oxygen atoms in total. The topological polar surface area (TPSA) is 61.8 Å². The number of rotatable bonds is 10. The van der Waals surface area contributed by atoms with Gasteiger partial charge in [-0.1, -0.05) is 42.5 Å². The van der Waals surface area contributed by atoms with E-state index in [2.05, 4.69) is 58.5 Å². The highest BCUT2D eigenvalue weighted by Gasteiger charge is 2.48. The van der Waals surface area contributed by atoms with E-state index in [1.807, 2.05) is 12.1 Å². The monoisotopic (exact) mass is 494 g/mol. The van der Waals surface area contributed by atoms with Crippen molar-refractivity contribution in [2.24, 2.45) is 5.41 Å². The van der Waals surface area contributed by atoms with E-state index in [-0.39, 0.29) is 5.91 Å². The van der Waals surface area contributed by atoms with Crippen LogP contribution >= 0.6 is 0 Å². The smallest absolute Gasteiger partial charge is 0.228 e. The molecule has 36 heavy (non-hydrogen) atoms. The van der Waals surface area contributed by atoms with E-state index in [0.717, 1.165) is 56.8 Å². The van der Waals surface area contributed by atoms with Gasteiger partial charge in [0, 0.05) is 37.8 Å². The van der Waals surface area contributed by atoms with Gasteiger partial charge >= 0.3 is 0 Å². The van der Waals surface area contributed by atoms with Crippen LogP contribution in [0.2, 0.25) is 0 Å². The van der Waals surface area contributed by atoms with Crippen LogP contribution in [0.3, 0.4) is 0 Å². The Kier molecular flexibility index (Phi) is 10.1. The van der Waals surface area contributed by atoms with Crippen molar-refractivity contribution < 1.29 is 19.0 Å². The number of carbonyl (C=O) groups excluding carboxylic acids is 1. The van der Waals surface area contributed by atoms with E-state index in [1.165, 1.54) is 25.1 Å². The molecular weight excluding hydrogens is 455 g/mol. The van der Waals surface area contributed by atoms with Crippen LogP contribution in [0.1, 0.15) is 55.4 Å². The maximum atomic E-state index is 13.4. The highest BCUT2D eigenvalue weighted by atomic mass is 19.1. The third-order valence-corrected chi connectivity index (χ3v) is 7.34. The van der Waals surface area contributed by atoms with Gasteiger partial charge in [0.1, 0.15) is 12.3 Å². The Hall–Kier alpha value is -2.72. The van der Waals surface area contributed by atoms with Crippen LogP contribution in [0.5, 0.6) is 0 Å². The van der Waals surface area contributed by atoms with Gasteiger partial charge in [-0.2, -0.15) is 0 Å². The van der Waals surface area contributed by atoms with E-state index in [9.17, 15) is 14.3 Å². The number of nitrogens with one attached hydrogen (secondary N) is 1. The number of nitrogens with zero attached hydrogens (tertiary/aromatic N) is 1. The van der Waals surface area contributed by atoms with E-state index in [4.69, 9.17) is 4.74 Å². The second-order valence-electron chi connectivity index (χ2n) is 10.1. The Morgan fingerprint density at radius 2 is 1.56 bits per heavy atom. The zero-order chi connectivity index (χ0) is 26.0. The van der Waals surface area contributed by atoms with Gasteiger partial charge in [-0.05, 0) is 68.5 Å². The molecule has 0 saturated carbocycles. The molecule has 0 aromatic heterocycles. The highest BCUT2D eigenvalue weighted by molar-refractivity contribution is 5.83. The molecule has 0 aliphatic carbocycles. The number of hydrogen-bond acceptors (Lipinski definition) is 4. The molecule has 1 saturated heterocycles. The molecule has 1 aliphatic rings. The number of amides is 1. The number of aliphatic hydroxyl groups is 1. The lowest BCUT2D eigenvalue weighted by molar-refractivity contribution is -0.150. The van der Waals surface area contributed by atoms with Gasteiger partial charge in [-0.15, -0.1) is 0 Å². The fourth-order valence-electron chi connectivity index (χ4n) is 4.47. The molecule has 0 spiro atoms. The number of alkyl halides is 1. The minimum atomic E-state index is -1.70. The standard InChI is InChI=1S/C30H39FN2O3/c1-29(28(34)32-3,30(2,35)23-31)17-5-4-6-24-7-9-25(10-8-24)11-12-26-13-15-27(16-14-26)22-33-18-20-36-21-19-33/h7-10,13-16,35H,4-6,17-23H2,1-3H3,(H,32,34)/t29?,30-/m1/s1. The van der Waals surface area contributed by atoms with Gasteiger partial charge in [0.15, 0.2) is 0 Å². The summed E-state index contributed by atoms with van der Waals surface area (Å²) in [6.07, 6.45) is 2.82. The minimum Gasteiger partial charge on any atom is -0.386 e. The fourth-order valence-corrected chi connectivity index (χ4v) is 4.47. The highest BCUT2D eigenvalue weighted by Crippen LogP contribution is 2.37. The first kappa shape index (κ1) is 27.9. The number of hydrogen-bond donors (Lipinski definition) is 2. The SMILES string of the molecule is CNC(=O)C(C)(CCCCc1ccc(C#Cc2ccc(CN3CCOCC3)cc2)cc1)[C@](C)(O)CF. The summed E-state index contributed by atoms with van der Waals surface area (Å²) in [7, 11) is 1.51. The van der Waals surface area contributed by atoms with Gasteiger partial charge in [0.2, 0.25) is 5.91 Å². The normalized spacial score (nSPS) is 17.4. The summed E-state index contributed by atoms with van der Waals surface area (Å²) in [5, 5.41) is 13.0. The van der Waals surface area contributed by atoms with Crippen molar-refractivity contribution in [3.8, 4) is 11.8 Å². The number of halogens is 1. The van der Waals surface area contributed by atoms with Crippen LogP contribution in [-0.4, -0.2) is 61.5 Å². The van der Waals surface area contributed by atoms with Crippen LogP contribution < -0.4 is 5.32 Å². The first-order chi connectivity index (χ1) is 17.3. The maximum absolute atomic E-state index is 13.4. The number of benzene rings is 2. The first-order valence-electron chi connectivity index (χ1n) is 12.8. The van der Waals surface area contributed by atoms with Crippen LogP contribution in [0, 0.1) is 17.3 Å². The molecule has 2 atom stereocenters. The van der Waals surface area contributed by atoms with E-state index >= 15 is 0 Å². The molecule has 194 valence electrons. The number of carbonyl (C=O) groups is 1. The van der Waals surface area contributed by atoms with Gasteiger partial charge in [-0.25, -0.2) is 4.39 Å². The van der Waals surface area contributed by atoms with Gasteiger partial charge in [0.05, 0.1) is 18.6 Å². The Bertz CT molecular complexity index is 1030. The molecule has 2 N–H and O–H groups in total. The van der Waals surface area contributed by atoms with E-state index < -0.39 is 17.7 Å². The Morgan fingerprint density at radius 3 is 2.08 bits per heavy atom. The van der Waals surface area contributed by atoms with E-state index in [0.29, 0.717) is 12.8 Å². The predicted molar refractivity (Wildman–Crippen MR) is 141 cm³/mol. The summed E-state index contributed by atoms with van der Waals surface area (Å²) in [5.74, 6) is 6.14. The van der Waals surface area contributed by atoms with Crippen molar-refractivity contribution in [2.75, 3.05) is 40.0 Å². The average molecular weight is 495 g/mol. The van der Waals surface area contributed by atoms with Crippen molar-refractivity contribution in [1.29, 1.82) is 0 Å². The zero-order valence-corrected chi connectivity index (χ0v) is 21.8. The average Bonchev–Trinajstić information content (AvgIpc) is 2.91. The van der Waals surface area contributed by atoms with Crippen LogP contribution in [0.25, 0.3) is 0 Å². The summed E-state index contributed by atoms with van der Waals surface area (Å²) in [5.41, 5.74) is 1.56. The molecule has 6 heteroatoms. The lowest BCUT2D eigenvalue weighted by Crippen LogP contribution is -2.54. The maximum Gasteiger partial charge on any atom is 0.228 e. The number of morpholine rings is 1. The lowest BCUT2D eigenvalue weighted by atomic mass is 9.70. The molecule has 1 amide bonds. The Balaban J connectivity index is 1.48. The fraction of sp³-hybridized carbons (Fsp3) is 0.500. The summed E-state index contributed by atoms with van der Waals surface area (Å²) < 4.78 is 18.8. The van der Waals surface area contributed by atoms with Gasteiger partial charge in [0.25, 0.3) is 0 Å². The molecule has 0 radical (unpaired) electrons. The Labute approximate surface area is 215 Å². The number of ether oxygens (including phenoxy) is 1. The van der Waals surface area contributed by atoms with Crippen molar-refractivity contribution in [1.82, 2.24) is 10.2 Å². The molecule has 2 aromatic rings. The molecule has 1 heterocycles. The van der Waals surface area contributed by atoms with Crippen LogP contribution in [0.15, 0.2) is 48.5 Å². The largest absolute Gasteiger partial charge is 0.386 e. The molecule has 0 bridgehead atoms. The van der Waals surface area contributed by atoms with Crippen LogP contribution in [0.4, 0.5) is 4.39 Å². The van der Waals surface area contributed by atoms with Crippen molar-refractivity contribution in [3.63, 3.8) is 0 Å². The molecule has 1 fully saturated rings. The number of unbranched alkanes of at least 4 members (excludes halogenated alkanes) is 1. The minimum absolute atomic E-state index is 0.334. The molecular formula is C30H39FN2O3. The second-order valence-corrected chi connectivity index (χ2v) is 10.1. The lowest BCUT2D eigenvalue weighted by Gasteiger charge is -2.39. The third-order valence-electron chi connectivity index (χ3n) is 7.34. The molecule has 3 rings (SSSR count). The predicted octanol–water partition coefficient (Wildman–Crippen LogP) is 4.10. The van der Waals surface area contributed by atoms with Crippen molar-refractivity contribution in [2.45, 2.75) is 51.7 Å². The van der Waals surface area contributed by atoms with E-state index in [1.54, 1.807) is 6.92 Å². The van der Waals surface area contributed by atoms with Gasteiger partial charge < -0.3 is 15.2 Å². The molecule has 1 unspecified atom stereocenters. The van der Waals surface area contributed by atoms with Gasteiger partial charge in [-0.3, -0.25) is 9.69 Å². The van der Waals surface area contributed by atoms with Crippen molar-refractivity contribution >= 4 is 5.91 Å². The quantitative estimate of drug-likeness (QED) is 0.386. The summed E-state index contributed by atoms with van der Waals surface area (Å²) in [4.78, 5) is 14.7.